The molecular formula is C28H31F2N7O5. The van der Waals surface area contributed by atoms with Gasteiger partial charge in [-0.3, -0.25) is 15.2 Å². The van der Waals surface area contributed by atoms with Crippen LogP contribution in [0.4, 0.5) is 14.5 Å². The number of nitrogens with one attached hydrogen (secondary N) is 1. The molecule has 0 aliphatic carbocycles. The number of amidine groups is 2. The molecule has 222 valence electrons. The van der Waals surface area contributed by atoms with E-state index in [-0.39, 0.29) is 36.0 Å². The molecule has 0 bridgehead atoms. The van der Waals surface area contributed by atoms with Crippen LogP contribution in [0.2, 0.25) is 0 Å². The lowest BCUT2D eigenvalue weighted by Crippen LogP contribution is -2.37. The summed E-state index contributed by atoms with van der Waals surface area (Å²) in [5.41, 5.74) is 5.66. The van der Waals surface area contributed by atoms with Crippen molar-refractivity contribution in [3.8, 4) is 29.0 Å². The number of aromatic hydroxyl groups is 1. The number of carboxylic acids is 1. The number of rotatable bonds is 12. The molecule has 12 nitrogen and oxygen atoms in total. The molecule has 1 aliphatic rings. The number of nitrogens with two attached hydrogens (primary N) is 1. The molecule has 3 aromatic rings. The number of nitrogen functional groups attached to an aromatic ring is 1. The SMILES string of the molecule is CN(C)CCN(CC(=O)O)c1c(F)c(Oc2cccc(C3=NCCN3C)c2)nc(Oc2cc(C(=N)N)ccc2O)c1F. The molecular weight excluding hydrogens is 552 g/mol. The van der Waals surface area contributed by atoms with E-state index in [1.54, 1.807) is 37.2 Å². The van der Waals surface area contributed by atoms with E-state index in [0.29, 0.717) is 12.1 Å². The summed E-state index contributed by atoms with van der Waals surface area (Å²) in [6.45, 7) is 0.821. The molecule has 0 amide bonds. The van der Waals surface area contributed by atoms with Crippen molar-refractivity contribution < 1.29 is 33.3 Å². The van der Waals surface area contributed by atoms with Crippen LogP contribution in [0.1, 0.15) is 11.1 Å². The average Bonchev–Trinajstić information content (AvgIpc) is 3.36. The summed E-state index contributed by atoms with van der Waals surface area (Å²) >= 11 is 0. The minimum Gasteiger partial charge on any atom is -0.504 e. The maximum Gasteiger partial charge on any atom is 0.323 e. The number of benzene rings is 2. The molecule has 4 rings (SSSR count). The smallest absolute Gasteiger partial charge is 0.323 e. The van der Waals surface area contributed by atoms with E-state index in [4.69, 9.17) is 20.6 Å². The van der Waals surface area contributed by atoms with Crippen LogP contribution in [0.3, 0.4) is 0 Å². The lowest BCUT2D eigenvalue weighted by Gasteiger charge is -2.26. The zero-order chi connectivity index (χ0) is 30.6. The van der Waals surface area contributed by atoms with E-state index in [2.05, 4.69) is 9.98 Å². The van der Waals surface area contributed by atoms with Gasteiger partial charge in [-0.1, -0.05) is 12.1 Å². The zero-order valence-corrected chi connectivity index (χ0v) is 23.3. The number of ether oxygens (including phenoxy) is 2. The molecule has 14 heteroatoms. The van der Waals surface area contributed by atoms with Gasteiger partial charge in [0.1, 0.15) is 29.7 Å². The van der Waals surface area contributed by atoms with Gasteiger partial charge in [-0.25, -0.2) is 0 Å². The Kier molecular flexibility index (Phi) is 9.06. The van der Waals surface area contributed by atoms with Gasteiger partial charge < -0.3 is 40.1 Å². The number of pyridine rings is 1. The first-order valence-corrected chi connectivity index (χ1v) is 12.8. The highest BCUT2D eigenvalue weighted by Crippen LogP contribution is 2.40. The number of phenolic OH excluding ortho intramolecular Hbond substituents is 1. The molecule has 0 saturated heterocycles. The first kappa shape index (κ1) is 30.0. The Morgan fingerprint density at radius 1 is 1.12 bits per heavy atom. The van der Waals surface area contributed by atoms with Crippen molar-refractivity contribution >= 4 is 23.3 Å². The van der Waals surface area contributed by atoms with Gasteiger partial charge in [-0.15, -0.1) is 0 Å². The average molecular weight is 584 g/mol. The molecule has 1 aromatic heterocycles. The lowest BCUT2D eigenvalue weighted by molar-refractivity contribution is -0.135. The fourth-order valence-electron chi connectivity index (χ4n) is 4.18. The Morgan fingerprint density at radius 3 is 2.45 bits per heavy atom. The van der Waals surface area contributed by atoms with Crippen LogP contribution in [0.25, 0.3) is 0 Å². The first-order valence-electron chi connectivity index (χ1n) is 12.8. The van der Waals surface area contributed by atoms with Gasteiger partial charge in [0, 0.05) is 37.8 Å². The first-order chi connectivity index (χ1) is 19.9. The molecule has 42 heavy (non-hydrogen) atoms. The molecule has 2 aromatic carbocycles. The second kappa shape index (κ2) is 12.7. The minimum atomic E-state index is -1.32. The quantitative estimate of drug-likeness (QED) is 0.184. The Labute approximate surface area is 240 Å². The number of carboxylic acid groups (broad SMARTS) is 1. The van der Waals surface area contributed by atoms with Crippen molar-refractivity contribution in [2.75, 3.05) is 58.8 Å². The number of nitrogens with zero attached hydrogens (tertiary/aromatic N) is 5. The molecule has 0 spiro atoms. The molecule has 5 N–H and O–H groups in total. The predicted molar refractivity (Wildman–Crippen MR) is 152 cm³/mol. The van der Waals surface area contributed by atoms with Crippen LogP contribution in [0.5, 0.6) is 29.0 Å². The van der Waals surface area contributed by atoms with Gasteiger partial charge >= 0.3 is 5.97 Å². The summed E-state index contributed by atoms with van der Waals surface area (Å²) in [6.07, 6.45) is 0. The maximum absolute atomic E-state index is 16.0. The van der Waals surface area contributed by atoms with Crippen molar-refractivity contribution in [1.29, 1.82) is 5.41 Å². The second-order valence-electron chi connectivity index (χ2n) is 9.77. The highest BCUT2D eigenvalue weighted by atomic mass is 19.1. The molecule has 0 fully saturated rings. The highest BCUT2D eigenvalue weighted by molar-refractivity contribution is 6.00. The fraction of sp³-hybridized carbons (Fsp3) is 0.286. The number of likely N-dealkylation sites (N-methyl/N-ethyl adjacent to an activating group) is 2. The third kappa shape index (κ3) is 6.83. The summed E-state index contributed by atoms with van der Waals surface area (Å²) in [7, 11) is 5.34. The van der Waals surface area contributed by atoms with E-state index < -0.39 is 47.3 Å². The molecule has 0 atom stereocenters. The summed E-state index contributed by atoms with van der Waals surface area (Å²) < 4.78 is 43.3. The molecule has 0 unspecified atom stereocenters. The van der Waals surface area contributed by atoms with Crippen LogP contribution >= 0.6 is 0 Å². The number of anilines is 1. The Balaban J connectivity index is 1.83. The number of halogens is 2. The third-order valence-electron chi connectivity index (χ3n) is 6.30. The van der Waals surface area contributed by atoms with Gasteiger partial charge in [0.25, 0.3) is 11.8 Å². The number of aliphatic carboxylic acids is 1. The minimum absolute atomic E-state index is 0.0667. The van der Waals surface area contributed by atoms with E-state index in [9.17, 15) is 15.0 Å². The van der Waals surface area contributed by atoms with Crippen molar-refractivity contribution in [2.45, 2.75) is 0 Å². The van der Waals surface area contributed by atoms with Crippen LogP contribution in [-0.2, 0) is 4.79 Å². The van der Waals surface area contributed by atoms with Crippen LogP contribution < -0.4 is 20.1 Å². The van der Waals surface area contributed by atoms with E-state index in [0.717, 1.165) is 17.3 Å². The summed E-state index contributed by atoms with van der Waals surface area (Å²) in [6, 6.07) is 10.4. The number of hydrogen-bond donors (Lipinski definition) is 4. The number of carbonyl (C=O) groups is 1. The molecule has 0 saturated carbocycles. The van der Waals surface area contributed by atoms with Gasteiger partial charge in [0.15, 0.2) is 11.5 Å². The Bertz CT molecular complexity index is 1530. The van der Waals surface area contributed by atoms with Crippen molar-refractivity contribution in [3.05, 3.63) is 65.2 Å². The van der Waals surface area contributed by atoms with Gasteiger partial charge in [-0.2, -0.15) is 13.8 Å². The Hall–Kier alpha value is -4.98. The number of aromatic nitrogens is 1. The van der Waals surface area contributed by atoms with Crippen LogP contribution in [-0.4, -0.2) is 96.5 Å². The monoisotopic (exact) mass is 583 g/mol. The third-order valence-corrected chi connectivity index (χ3v) is 6.30. The van der Waals surface area contributed by atoms with Crippen LogP contribution in [0, 0.1) is 17.0 Å². The normalized spacial score (nSPS) is 12.8. The van der Waals surface area contributed by atoms with Crippen molar-refractivity contribution in [2.24, 2.45) is 10.7 Å². The Morgan fingerprint density at radius 2 is 1.83 bits per heavy atom. The van der Waals surface area contributed by atoms with E-state index in [1.807, 2.05) is 18.0 Å². The van der Waals surface area contributed by atoms with E-state index >= 15 is 8.78 Å². The van der Waals surface area contributed by atoms with Gasteiger partial charge in [0.05, 0.1) is 6.54 Å². The lowest BCUT2D eigenvalue weighted by atomic mass is 10.2. The number of phenols is 1. The molecule has 0 radical (unpaired) electrons. The summed E-state index contributed by atoms with van der Waals surface area (Å²) in [5.74, 6) is -5.60. The predicted octanol–water partition coefficient (Wildman–Crippen LogP) is 3.08. The maximum atomic E-state index is 16.0. The largest absolute Gasteiger partial charge is 0.504 e. The standard InChI is InChI=1S/C28H31F2N7O5/c1-35(2)11-12-37(15-21(39)40)24-22(29)27(41-18-6-4-5-17(13-18)26-33-9-10-36(26)3)34-28(23(24)30)42-20-14-16(25(31)32)7-8-19(20)38/h4-8,13-14,38H,9-12,15H2,1-3H3,(H3,31,32)(H,39,40). The zero-order valence-electron chi connectivity index (χ0n) is 23.3. The second-order valence-corrected chi connectivity index (χ2v) is 9.77. The topological polar surface area (TPSA) is 161 Å². The highest BCUT2D eigenvalue weighted by Gasteiger charge is 2.29. The van der Waals surface area contributed by atoms with E-state index in [1.165, 1.54) is 18.2 Å². The molecule has 2 heterocycles. The summed E-state index contributed by atoms with van der Waals surface area (Å²) in [5, 5.41) is 27.5. The number of aliphatic imine (C=N–C) groups is 1. The van der Waals surface area contributed by atoms with Gasteiger partial charge in [0.2, 0.25) is 11.6 Å². The van der Waals surface area contributed by atoms with Crippen LogP contribution in [0.15, 0.2) is 47.5 Å². The van der Waals surface area contributed by atoms with Gasteiger partial charge in [-0.05, 0) is 44.4 Å². The fourth-order valence-corrected chi connectivity index (χ4v) is 4.18. The molecule has 1 aliphatic heterocycles. The van der Waals surface area contributed by atoms with Crippen molar-refractivity contribution in [1.82, 2.24) is 14.8 Å². The van der Waals surface area contributed by atoms with Crippen molar-refractivity contribution in [3.63, 3.8) is 0 Å². The number of hydrogen-bond acceptors (Lipinski definition) is 10. The summed E-state index contributed by atoms with van der Waals surface area (Å²) in [4.78, 5) is 24.7.